The van der Waals surface area contributed by atoms with Gasteiger partial charge in [0.1, 0.15) is 0 Å². The van der Waals surface area contributed by atoms with E-state index in [9.17, 15) is 9.59 Å². The van der Waals surface area contributed by atoms with Gasteiger partial charge >= 0.3 is 0 Å². The van der Waals surface area contributed by atoms with E-state index in [1.165, 1.54) is 13.4 Å². The number of aromatic nitrogens is 4. The summed E-state index contributed by atoms with van der Waals surface area (Å²) in [6.07, 6.45) is 1.38. The van der Waals surface area contributed by atoms with Crippen LogP contribution in [-0.4, -0.2) is 32.9 Å². The van der Waals surface area contributed by atoms with E-state index in [0.29, 0.717) is 5.52 Å². The van der Waals surface area contributed by atoms with Gasteiger partial charge in [0.15, 0.2) is 11.2 Å². The molecule has 0 unspecified atom stereocenters. The highest BCUT2D eigenvalue weighted by Gasteiger charge is 2.10. The monoisotopic (exact) mass is 252 g/mol. The van der Waals surface area contributed by atoms with Gasteiger partial charge in [-0.3, -0.25) is 19.9 Å². The van der Waals surface area contributed by atoms with Gasteiger partial charge in [-0.15, -0.1) is 0 Å². The number of hydrogen-bond donors (Lipinski definition) is 4. The highest BCUT2D eigenvalue weighted by atomic mass is 16.2. The zero-order chi connectivity index (χ0) is 13.7. The third-order valence-electron chi connectivity index (χ3n) is 2.06. The molecule has 0 saturated carbocycles. The third-order valence-corrected chi connectivity index (χ3v) is 2.06. The molecular weight excluding hydrogens is 236 g/mol. The van der Waals surface area contributed by atoms with E-state index in [1.54, 1.807) is 13.8 Å². The summed E-state index contributed by atoms with van der Waals surface area (Å²) in [7, 11) is 1.50. The number of H-pyrrole nitrogens is 2. The summed E-state index contributed by atoms with van der Waals surface area (Å²) in [4.78, 5) is 35.8. The van der Waals surface area contributed by atoms with Crippen LogP contribution in [0.4, 0.5) is 5.95 Å². The number of carbonyl (C=O) groups is 1. The van der Waals surface area contributed by atoms with E-state index >= 15 is 0 Å². The van der Waals surface area contributed by atoms with Crippen LogP contribution in [0.3, 0.4) is 0 Å². The fraction of sp³-hybridized carbons (Fsp3) is 0.400. The van der Waals surface area contributed by atoms with Gasteiger partial charge in [0.2, 0.25) is 11.9 Å². The largest absolute Gasteiger partial charge is 0.339 e. The Labute approximate surface area is 103 Å². The van der Waals surface area contributed by atoms with E-state index in [4.69, 9.17) is 0 Å². The molecule has 0 aromatic carbocycles. The summed E-state index contributed by atoms with van der Waals surface area (Å²) in [5.41, 5.74) is 4.71. The predicted molar refractivity (Wildman–Crippen MR) is 68.1 cm³/mol. The van der Waals surface area contributed by atoms with Crippen LogP contribution in [0.1, 0.15) is 13.8 Å². The molecule has 0 saturated heterocycles. The second-order valence-corrected chi connectivity index (χ2v) is 3.66. The third kappa shape index (κ3) is 2.92. The molecule has 2 aromatic heterocycles. The molecule has 8 heteroatoms. The number of carbonyl (C=O) groups excluding carboxylic acids is 1. The zero-order valence-corrected chi connectivity index (χ0v) is 10.4. The Kier molecular flexibility index (Phi) is 4.55. The van der Waals surface area contributed by atoms with Crippen LogP contribution in [0.5, 0.6) is 0 Å². The zero-order valence-electron chi connectivity index (χ0n) is 10.4. The Morgan fingerprint density at radius 2 is 2.11 bits per heavy atom. The van der Waals surface area contributed by atoms with Crippen LogP contribution < -0.4 is 16.6 Å². The highest BCUT2D eigenvalue weighted by molar-refractivity contribution is 5.90. The SMILES string of the molecule is CC(C)C(=O)Nc1nc2nc[nH]c2c(=O)[nH]1.CN. The van der Waals surface area contributed by atoms with Gasteiger partial charge in [-0.1, -0.05) is 13.8 Å². The molecule has 0 radical (unpaired) electrons. The fourth-order valence-corrected chi connectivity index (χ4v) is 1.16. The standard InChI is InChI=1S/C9H11N5O2.CH5N/c1-4(2)7(15)13-9-12-6-5(8(16)14-9)10-3-11-6;1-2/h3-4H,1-2H3,(H3,10,11,12,13,14,15,16);2H2,1H3. The number of amides is 1. The Balaban J connectivity index is 0.000000771. The molecule has 0 fully saturated rings. The predicted octanol–water partition coefficient (Wildman–Crippen LogP) is -0.184. The maximum Gasteiger partial charge on any atom is 0.278 e. The average Bonchev–Trinajstić information content (AvgIpc) is 2.80. The summed E-state index contributed by atoms with van der Waals surface area (Å²) in [6, 6.07) is 0. The minimum Gasteiger partial charge on any atom is -0.339 e. The number of nitrogens with zero attached hydrogens (tertiary/aromatic N) is 2. The molecule has 0 spiro atoms. The van der Waals surface area contributed by atoms with Crippen molar-refractivity contribution in [3.63, 3.8) is 0 Å². The van der Waals surface area contributed by atoms with Gasteiger partial charge in [0.25, 0.3) is 5.56 Å². The maximum absolute atomic E-state index is 11.5. The first kappa shape index (κ1) is 13.8. The van der Waals surface area contributed by atoms with Crippen molar-refractivity contribution in [1.29, 1.82) is 0 Å². The van der Waals surface area contributed by atoms with Crippen molar-refractivity contribution < 1.29 is 4.79 Å². The van der Waals surface area contributed by atoms with E-state index in [-0.39, 0.29) is 29.0 Å². The maximum atomic E-state index is 11.5. The second-order valence-electron chi connectivity index (χ2n) is 3.66. The second kappa shape index (κ2) is 5.92. The minimum atomic E-state index is -0.360. The Hall–Kier alpha value is -2.22. The quantitative estimate of drug-likeness (QED) is 0.589. The van der Waals surface area contributed by atoms with Crippen molar-refractivity contribution in [3.05, 3.63) is 16.7 Å². The van der Waals surface area contributed by atoms with Crippen molar-refractivity contribution >= 4 is 23.0 Å². The lowest BCUT2D eigenvalue weighted by Gasteiger charge is -2.05. The van der Waals surface area contributed by atoms with E-state index in [2.05, 4.69) is 31.0 Å². The number of nitrogens with one attached hydrogen (secondary N) is 3. The first-order valence-corrected chi connectivity index (χ1v) is 5.40. The average molecular weight is 252 g/mol. The summed E-state index contributed by atoms with van der Waals surface area (Å²) in [6.45, 7) is 3.50. The van der Waals surface area contributed by atoms with Gasteiger partial charge < -0.3 is 10.7 Å². The molecule has 8 nitrogen and oxygen atoms in total. The summed E-state index contributed by atoms with van der Waals surface area (Å²) in [5, 5.41) is 2.50. The minimum absolute atomic E-state index is 0.114. The first-order chi connectivity index (χ1) is 8.58. The van der Waals surface area contributed by atoms with E-state index < -0.39 is 0 Å². The van der Waals surface area contributed by atoms with Crippen molar-refractivity contribution in [2.75, 3.05) is 12.4 Å². The van der Waals surface area contributed by atoms with Crippen LogP contribution in [0.25, 0.3) is 11.2 Å². The van der Waals surface area contributed by atoms with Crippen molar-refractivity contribution in [2.45, 2.75) is 13.8 Å². The summed E-state index contributed by atoms with van der Waals surface area (Å²) >= 11 is 0. The molecule has 0 bridgehead atoms. The molecule has 0 aliphatic rings. The highest BCUT2D eigenvalue weighted by Crippen LogP contribution is 2.04. The van der Waals surface area contributed by atoms with Crippen LogP contribution in [0.15, 0.2) is 11.1 Å². The molecule has 2 aromatic rings. The molecule has 98 valence electrons. The van der Waals surface area contributed by atoms with Gasteiger partial charge in [0, 0.05) is 5.92 Å². The van der Waals surface area contributed by atoms with Gasteiger partial charge in [-0.25, -0.2) is 4.98 Å². The summed E-state index contributed by atoms with van der Waals surface area (Å²) < 4.78 is 0. The topological polar surface area (TPSA) is 130 Å². The molecule has 0 atom stereocenters. The molecule has 2 rings (SSSR count). The number of imidazole rings is 1. The van der Waals surface area contributed by atoms with Crippen molar-refractivity contribution in [1.82, 2.24) is 19.9 Å². The molecule has 0 aliphatic carbocycles. The van der Waals surface area contributed by atoms with Crippen molar-refractivity contribution in [3.8, 4) is 0 Å². The molecular formula is C10H16N6O2. The molecule has 1 amide bonds. The number of aromatic amines is 2. The Bertz CT molecular complexity index is 585. The normalized spacial score (nSPS) is 10.1. The smallest absolute Gasteiger partial charge is 0.278 e. The number of nitrogens with two attached hydrogens (primary N) is 1. The van der Waals surface area contributed by atoms with Gasteiger partial charge in [0.05, 0.1) is 6.33 Å². The van der Waals surface area contributed by atoms with Crippen LogP contribution in [-0.2, 0) is 4.79 Å². The number of rotatable bonds is 2. The lowest BCUT2D eigenvalue weighted by molar-refractivity contribution is -0.118. The van der Waals surface area contributed by atoms with E-state index in [1.807, 2.05) is 0 Å². The van der Waals surface area contributed by atoms with Crippen molar-refractivity contribution in [2.24, 2.45) is 11.7 Å². The van der Waals surface area contributed by atoms with Crippen LogP contribution in [0, 0.1) is 5.92 Å². The van der Waals surface area contributed by atoms with Crippen LogP contribution >= 0.6 is 0 Å². The molecule has 5 N–H and O–H groups in total. The Morgan fingerprint density at radius 3 is 2.72 bits per heavy atom. The number of hydrogen-bond acceptors (Lipinski definition) is 5. The molecule has 0 aliphatic heterocycles. The van der Waals surface area contributed by atoms with Gasteiger partial charge in [-0.2, -0.15) is 4.98 Å². The van der Waals surface area contributed by atoms with Crippen LogP contribution in [0.2, 0.25) is 0 Å². The van der Waals surface area contributed by atoms with Gasteiger partial charge in [-0.05, 0) is 7.05 Å². The Morgan fingerprint density at radius 1 is 1.44 bits per heavy atom. The number of fused-ring (bicyclic) bond motifs is 1. The fourth-order valence-electron chi connectivity index (χ4n) is 1.16. The summed E-state index contributed by atoms with van der Waals surface area (Å²) in [5.74, 6) is -0.276. The lowest BCUT2D eigenvalue weighted by Crippen LogP contribution is -2.22. The lowest BCUT2D eigenvalue weighted by atomic mass is 10.2. The molecule has 2 heterocycles. The first-order valence-electron chi connectivity index (χ1n) is 5.40. The number of anilines is 1. The molecule has 18 heavy (non-hydrogen) atoms. The van der Waals surface area contributed by atoms with E-state index in [0.717, 1.165) is 0 Å².